The van der Waals surface area contributed by atoms with Crippen LogP contribution in [-0.4, -0.2) is 32.7 Å². The molecule has 0 aromatic heterocycles. The minimum absolute atomic E-state index is 0.0197. The van der Waals surface area contributed by atoms with E-state index in [2.05, 4.69) is 5.32 Å². The summed E-state index contributed by atoms with van der Waals surface area (Å²) in [5.41, 5.74) is 0.629. The van der Waals surface area contributed by atoms with Crippen molar-refractivity contribution in [1.29, 1.82) is 0 Å². The zero-order valence-electron chi connectivity index (χ0n) is 16.6. The highest BCUT2D eigenvalue weighted by Crippen LogP contribution is 2.32. The molecule has 0 radical (unpaired) electrons. The first kappa shape index (κ1) is 22.5. The number of carbonyl (C=O) groups excluding carboxylic acids is 1. The summed E-state index contributed by atoms with van der Waals surface area (Å²) < 4.78 is 64.2. The molecule has 0 spiro atoms. The molecule has 0 saturated carbocycles. The van der Waals surface area contributed by atoms with Crippen LogP contribution in [0.25, 0.3) is 11.1 Å². The van der Waals surface area contributed by atoms with E-state index in [1.54, 1.807) is 30.3 Å². The van der Waals surface area contributed by atoms with E-state index in [0.717, 1.165) is 16.4 Å². The zero-order chi connectivity index (χ0) is 22.8. The van der Waals surface area contributed by atoms with Crippen LogP contribution in [0, 0.1) is 0 Å². The molecule has 0 aliphatic rings. The van der Waals surface area contributed by atoms with Gasteiger partial charge in [0, 0.05) is 25.3 Å². The molecule has 0 unspecified atom stereocenters. The van der Waals surface area contributed by atoms with Crippen molar-refractivity contribution in [2.75, 3.05) is 19.4 Å². The molecular formula is C22H19F3N2O3S. The number of hydrogen-bond acceptors (Lipinski definition) is 3. The third-order valence-corrected chi connectivity index (χ3v) is 6.38. The van der Waals surface area contributed by atoms with E-state index in [1.807, 2.05) is 0 Å². The van der Waals surface area contributed by atoms with Crippen LogP contribution in [0.1, 0.15) is 15.9 Å². The van der Waals surface area contributed by atoms with Crippen molar-refractivity contribution in [1.82, 2.24) is 4.31 Å². The van der Waals surface area contributed by atoms with E-state index in [0.29, 0.717) is 11.1 Å². The van der Waals surface area contributed by atoms with Crippen LogP contribution in [0.4, 0.5) is 18.9 Å². The Morgan fingerprint density at radius 3 is 2.16 bits per heavy atom. The van der Waals surface area contributed by atoms with E-state index >= 15 is 0 Å². The lowest BCUT2D eigenvalue weighted by Crippen LogP contribution is -2.22. The summed E-state index contributed by atoms with van der Waals surface area (Å²) in [6.07, 6.45) is -4.45. The van der Waals surface area contributed by atoms with Gasteiger partial charge in [0.05, 0.1) is 10.5 Å². The van der Waals surface area contributed by atoms with E-state index in [9.17, 15) is 26.4 Å². The highest BCUT2D eigenvalue weighted by molar-refractivity contribution is 7.89. The smallest absolute Gasteiger partial charge is 0.322 e. The van der Waals surface area contributed by atoms with Gasteiger partial charge in [-0.1, -0.05) is 36.4 Å². The van der Waals surface area contributed by atoms with Crippen molar-refractivity contribution in [3.63, 3.8) is 0 Å². The Labute approximate surface area is 178 Å². The average Bonchev–Trinajstić information content (AvgIpc) is 2.73. The number of amides is 1. The summed E-state index contributed by atoms with van der Waals surface area (Å²) in [6.45, 7) is 0. The molecule has 0 fully saturated rings. The normalized spacial score (nSPS) is 12.1. The van der Waals surface area contributed by atoms with Gasteiger partial charge in [0.15, 0.2) is 0 Å². The molecule has 0 aliphatic carbocycles. The van der Waals surface area contributed by atoms with Crippen LogP contribution >= 0.6 is 0 Å². The highest BCUT2D eigenvalue weighted by atomic mass is 32.2. The van der Waals surface area contributed by atoms with Gasteiger partial charge < -0.3 is 5.32 Å². The van der Waals surface area contributed by atoms with Gasteiger partial charge in [0.2, 0.25) is 10.0 Å². The number of hydrogen-bond donors (Lipinski definition) is 1. The summed E-state index contributed by atoms with van der Waals surface area (Å²) >= 11 is 0. The number of nitrogens with zero attached hydrogens (tertiary/aromatic N) is 1. The Kier molecular flexibility index (Phi) is 6.19. The maximum atomic E-state index is 12.9. The molecule has 0 aliphatic heterocycles. The van der Waals surface area contributed by atoms with E-state index in [4.69, 9.17) is 0 Å². The van der Waals surface area contributed by atoms with Crippen LogP contribution < -0.4 is 5.32 Å². The first-order valence-corrected chi connectivity index (χ1v) is 10.5. The molecule has 0 bridgehead atoms. The number of benzene rings is 3. The van der Waals surface area contributed by atoms with Crippen molar-refractivity contribution in [3.8, 4) is 11.1 Å². The fraction of sp³-hybridized carbons (Fsp3) is 0.136. The zero-order valence-corrected chi connectivity index (χ0v) is 17.5. The fourth-order valence-electron chi connectivity index (χ4n) is 2.92. The van der Waals surface area contributed by atoms with Crippen LogP contribution in [-0.2, 0) is 16.2 Å². The molecule has 1 amide bonds. The molecule has 0 saturated heterocycles. The van der Waals surface area contributed by atoms with Gasteiger partial charge >= 0.3 is 6.18 Å². The van der Waals surface area contributed by atoms with Crippen LogP contribution in [0.2, 0.25) is 0 Å². The highest BCUT2D eigenvalue weighted by Gasteiger charge is 2.30. The Morgan fingerprint density at radius 1 is 0.903 bits per heavy atom. The number of rotatable bonds is 5. The Hall–Kier alpha value is -3.17. The van der Waals surface area contributed by atoms with Crippen molar-refractivity contribution >= 4 is 21.6 Å². The first-order chi connectivity index (χ1) is 14.5. The molecule has 3 aromatic rings. The lowest BCUT2D eigenvalue weighted by molar-refractivity contribution is -0.137. The van der Waals surface area contributed by atoms with Gasteiger partial charge in [-0.25, -0.2) is 12.7 Å². The number of anilines is 1. The minimum Gasteiger partial charge on any atom is -0.322 e. The van der Waals surface area contributed by atoms with Gasteiger partial charge in [0.25, 0.3) is 5.91 Å². The maximum absolute atomic E-state index is 12.9. The second-order valence-electron chi connectivity index (χ2n) is 6.89. The summed E-state index contributed by atoms with van der Waals surface area (Å²) in [5.74, 6) is -0.519. The predicted molar refractivity (Wildman–Crippen MR) is 112 cm³/mol. The molecule has 9 heteroatoms. The summed E-state index contributed by atoms with van der Waals surface area (Å²) in [5, 5.41) is 2.65. The fourth-order valence-corrected chi connectivity index (χ4v) is 3.86. The lowest BCUT2D eigenvalue weighted by Gasteiger charge is -2.14. The van der Waals surface area contributed by atoms with Crippen LogP contribution in [0.15, 0.2) is 77.7 Å². The molecule has 3 rings (SSSR count). The maximum Gasteiger partial charge on any atom is 0.416 e. The second kappa shape index (κ2) is 8.52. The summed E-state index contributed by atoms with van der Waals surface area (Å²) in [4.78, 5) is 12.9. The Morgan fingerprint density at radius 2 is 1.55 bits per heavy atom. The number of alkyl halides is 3. The van der Waals surface area contributed by atoms with Gasteiger partial charge in [-0.15, -0.1) is 0 Å². The van der Waals surface area contributed by atoms with Gasteiger partial charge in [0.1, 0.15) is 0 Å². The van der Waals surface area contributed by atoms with Crippen molar-refractivity contribution < 1.29 is 26.4 Å². The number of halogens is 3. The van der Waals surface area contributed by atoms with E-state index in [1.165, 1.54) is 44.4 Å². The monoisotopic (exact) mass is 448 g/mol. The topological polar surface area (TPSA) is 66.5 Å². The predicted octanol–water partition coefficient (Wildman–Crippen LogP) is 4.88. The molecule has 162 valence electrons. The molecular weight excluding hydrogens is 429 g/mol. The molecule has 3 aromatic carbocycles. The van der Waals surface area contributed by atoms with E-state index < -0.39 is 27.7 Å². The van der Waals surface area contributed by atoms with Gasteiger partial charge in [-0.3, -0.25) is 4.79 Å². The molecule has 31 heavy (non-hydrogen) atoms. The van der Waals surface area contributed by atoms with Crippen LogP contribution in [0.5, 0.6) is 0 Å². The van der Waals surface area contributed by atoms with Crippen LogP contribution in [0.3, 0.4) is 0 Å². The molecule has 1 N–H and O–H groups in total. The number of carbonyl (C=O) groups is 1. The second-order valence-corrected chi connectivity index (χ2v) is 9.04. The van der Waals surface area contributed by atoms with Crippen molar-refractivity contribution in [2.24, 2.45) is 0 Å². The Balaban J connectivity index is 1.91. The Bertz CT molecular complexity index is 1210. The molecule has 5 nitrogen and oxygen atoms in total. The summed E-state index contributed by atoms with van der Waals surface area (Å²) in [6, 6.07) is 16.8. The average molecular weight is 448 g/mol. The number of nitrogens with one attached hydrogen (secondary N) is 1. The lowest BCUT2D eigenvalue weighted by atomic mass is 9.98. The standard InChI is InChI=1S/C22H19F3N2O3S/c1-27(2)31(29,30)18-7-5-6-17(14-18)26-21(28)20-9-4-3-8-19(20)15-10-12-16(13-11-15)22(23,24)25/h3-14H,1-2H3,(H,26,28). The third-order valence-electron chi connectivity index (χ3n) is 4.57. The minimum atomic E-state index is -4.45. The van der Waals surface area contributed by atoms with Gasteiger partial charge in [-0.05, 0) is 47.5 Å². The largest absolute Gasteiger partial charge is 0.416 e. The quantitative estimate of drug-likeness (QED) is 0.605. The third kappa shape index (κ3) is 4.95. The molecule has 0 heterocycles. The first-order valence-electron chi connectivity index (χ1n) is 9.11. The molecule has 0 atom stereocenters. The van der Waals surface area contributed by atoms with Gasteiger partial charge in [-0.2, -0.15) is 13.2 Å². The van der Waals surface area contributed by atoms with E-state index in [-0.39, 0.29) is 16.1 Å². The summed E-state index contributed by atoms with van der Waals surface area (Å²) in [7, 11) is -0.870. The van der Waals surface area contributed by atoms with Crippen molar-refractivity contribution in [3.05, 3.63) is 83.9 Å². The number of sulfonamides is 1. The SMILES string of the molecule is CN(C)S(=O)(=O)c1cccc(NC(=O)c2ccccc2-c2ccc(C(F)(F)F)cc2)c1. The van der Waals surface area contributed by atoms with Crippen molar-refractivity contribution in [2.45, 2.75) is 11.1 Å².